The number of aromatic carboxylic acids is 1. The van der Waals surface area contributed by atoms with E-state index in [4.69, 9.17) is 0 Å². The van der Waals surface area contributed by atoms with Crippen LogP contribution >= 0.6 is 0 Å². The number of carboxylic acid groups (broad SMARTS) is 1. The zero-order chi connectivity index (χ0) is 12.0. The highest BCUT2D eigenvalue weighted by molar-refractivity contribution is 5.86. The lowest BCUT2D eigenvalue weighted by Gasteiger charge is -2.05. The van der Waals surface area contributed by atoms with Crippen molar-refractivity contribution in [2.45, 2.75) is 26.7 Å². The molecule has 4 heteroatoms. The molecule has 1 rings (SSSR count). The number of carbonyl (C=O) groups is 1. The van der Waals surface area contributed by atoms with Crippen molar-refractivity contribution in [1.82, 2.24) is 0 Å². The van der Waals surface area contributed by atoms with Crippen LogP contribution in [0.25, 0.3) is 0 Å². The zero-order valence-corrected chi connectivity index (χ0v) is 9.49. The first-order chi connectivity index (χ1) is 7.67. The number of hydrazone groups is 1. The van der Waals surface area contributed by atoms with Gasteiger partial charge in [-0.3, -0.25) is 5.43 Å². The van der Waals surface area contributed by atoms with Crippen molar-refractivity contribution in [1.29, 1.82) is 0 Å². The van der Waals surface area contributed by atoms with Crippen LogP contribution in [-0.2, 0) is 0 Å². The van der Waals surface area contributed by atoms with Crippen molar-refractivity contribution >= 4 is 17.4 Å². The molecule has 0 radical (unpaired) electrons. The van der Waals surface area contributed by atoms with E-state index in [1.807, 2.05) is 13.8 Å². The number of carbonyl (C=O) groups excluding carboxylic acids is 1. The molecule has 0 aliphatic rings. The number of carboxylic acids is 1. The maximum Gasteiger partial charge on any atom is 0.0715 e. The molecule has 1 aromatic carbocycles. The highest BCUT2D eigenvalue weighted by atomic mass is 16.4. The van der Waals surface area contributed by atoms with Gasteiger partial charge in [-0.05, 0) is 30.5 Å². The summed E-state index contributed by atoms with van der Waals surface area (Å²) in [6.07, 6.45) is 1.81. The Hall–Kier alpha value is -1.84. The molecule has 0 aliphatic carbocycles. The van der Waals surface area contributed by atoms with Crippen molar-refractivity contribution < 1.29 is 9.90 Å². The number of anilines is 1. The summed E-state index contributed by atoms with van der Waals surface area (Å²) in [6.45, 7) is 4.09. The van der Waals surface area contributed by atoms with Gasteiger partial charge in [0.25, 0.3) is 0 Å². The van der Waals surface area contributed by atoms with Gasteiger partial charge in [0.1, 0.15) is 0 Å². The van der Waals surface area contributed by atoms with Gasteiger partial charge in [0.15, 0.2) is 0 Å². The number of hydrogen-bond acceptors (Lipinski definition) is 4. The number of benzene rings is 1. The maximum absolute atomic E-state index is 10.5. The largest absolute Gasteiger partial charge is 0.545 e. The molecule has 0 heterocycles. The molecule has 0 aromatic heterocycles. The molecule has 16 heavy (non-hydrogen) atoms. The minimum atomic E-state index is -1.17. The van der Waals surface area contributed by atoms with Gasteiger partial charge in [-0.25, -0.2) is 0 Å². The summed E-state index contributed by atoms with van der Waals surface area (Å²) in [7, 11) is 0. The molecule has 4 nitrogen and oxygen atoms in total. The molecular formula is C12H15N2O2-. The van der Waals surface area contributed by atoms with Crippen LogP contribution in [0.4, 0.5) is 5.69 Å². The molecule has 1 aromatic rings. The van der Waals surface area contributed by atoms with Crippen LogP contribution in [0.2, 0.25) is 0 Å². The van der Waals surface area contributed by atoms with E-state index in [1.165, 1.54) is 12.1 Å². The third kappa shape index (κ3) is 3.38. The van der Waals surface area contributed by atoms with Crippen molar-refractivity contribution in [2.75, 3.05) is 5.43 Å². The van der Waals surface area contributed by atoms with E-state index in [0.29, 0.717) is 0 Å². The fourth-order valence-corrected chi connectivity index (χ4v) is 1.23. The third-order valence-electron chi connectivity index (χ3n) is 2.28. The van der Waals surface area contributed by atoms with E-state index in [-0.39, 0.29) is 5.56 Å². The van der Waals surface area contributed by atoms with Crippen LogP contribution in [0.3, 0.4) is 0 Å². The summed E-state index contributed by atoms with van der Waals surface area (Å²) in [5.41, 5.74) is 4.90. The lowest BCUT2D eigenvalue weighted by atomic mass is 10.2. The fraction of sp³-hybridized carbons (Fsp3) is 0.333. The Bertz CT molecular complexity index is 377. The molecule has 0 amide bonds. The van der Waals surface area contributed by atoms with Gasteiger partial charge in [0, 0.05) is 5.71 Å². The predicted octanol–water partition coefficient (Wildman–Crippen LogP) is 1.64. The van der Waals surface area contributed by atoms with Crippen molar-refractivity contribution in [3.8, 4) is 0 Å². The number of rotatable bonds is 5. The smallest absolute Gasteiger partial charge is 0.0715 e. The summed E-state index contributed by atoms with van der Waals surface area (Å²) >= 11 is 0. The summed E-state index contributed by atoms with van der Waals surface area (Å²) < 4.78 is 0. The molecule has 0 bridgehead atoms. The normalized spacial score (nSPS) is 9.62. The van der Waals surface area contributed by atoms with Crippen LogP contribution in [-0.4, -0.2) is 11.7 Å². The van der Waals surface area contributed by atoms with Gasteiger partial charge >= 0.3 is 0 Å². The van der Waals surface area contributed by atoms with E-state index < -0.39 is 5.97 Å². The molecule has 0 fully saturated rings. The van der Waals surface area contributed by atoms with Gasteiger partial charge in [-0.1, -0.05) is 26.0 Å². The van der Waals surface area contributed by atoms with Crippen LogP contribution in [0, 0.1) is 0 Å². The van der Waals surface area contributed by atoms with Crippen molar-refractivity contribution in [3.63, 3.8) is 0 Å². The molecule has 0 unspecified atom stereocenters. The first kappa shape index (κ1) is 12.2. The minimum absolute atomic E-state index is 0.167. The summed E-state index contributed by atoms with van der Waals surface area (Å²) in [6, 6.07) is 6.31. The van der Waals surface area contributed by atoms with Gasteiger partial charge in [0.05, 0.1) is 11.7 Å². The minimum Gasteiger partial charge on any atom is -0.545 e. The second kappa shape index (κ2) is 5.90. The lowest BCUT2D eigenvalue weighted by molar-refractivity contribution is -0.255. The van der Waals surface area contributed by atoms with E-state index in [2.05, 4.69) is 10.5 Å². The monoisotopic (exact) mass is 219 g/mol. The first-order valence-electron chi connectivity index (χ1n) is 5.30. The molecule has 0 spiro atoms. The zero-order valence-electron chi connectivity index (χ0n) is 9.49. The van der Waals surface area contributed by atoms with E-state index in [0.717, 1.165) is 24.2 Å². The lowest BCUT2D eigenvalue weighted by Crippen LogP contribution is -2.21. The van der Waals surface area contributed by atoms with Crippen LogP contribution < -0.4 is 10.5 Å². The third-order valence-corrected chi connectivity index (χ3v) is 2.28. The van der Waals surface area contributed by atoms with E-state index in [1.54, 1.807) is 12.1 Å². The number of nitrogens with one attached hydrogen (secondary N) is 1. The van der Waals surface area contributed by atoms with Gasteiger partial charge in [0.2, 0.25) is 0 Å². The van der Waals surface area contributed by atoms with Crippen LogP contribution in [0.5, 0.6) is 0 Å². The summed E-state index contributed by atoms with van der Waals surface area (Å²) in [5, 5.41) is 14.7. The SMILES string of the molecule is CCC(CC)=NNc1ccc(C(=O)[O-])cc1. The Labute approximate surface area is 95.0 Å². The Morgan fingerprint density at radius 2 is 1.81 bits per heavy atom. The number of hydrogen-bond donors (Lipinski definition) is 1. The molecule has 1 N–H and O–H groups in total. The molecule has 0 saturated carbocycles. The highest BCUT2D eigenvalue weighted by Gasteiger charge is 1.95. The van der Waals surface area contributed by atoms with Gasteiger partial charge in [-0.2, -0.15) is 5.10 Å². The highest BCUT2D eigenvalue weighted by Crippen LogP contribution is 2.09. The Morgan fingerprint density at radius 1 is 1.25 bits per heavy atom. The van der Waals surface area contributed by atoms with E-state index >= 15 is 0 Å². The molecule has 86 valence electrons. The first-order valence-corrected chi connectivity index (χ1v) is 5.30. The summed E-state index contributed by atoms with van der Waals surface area (Å²) in [5.74, 6) is -1.17. The standard InChI is InChI=1S/C12H16N2O2/c1-3-10(4-2)13-14-11-7-5-9(6-8-11)12(15)16/h5-8,14H,3-4H2,1-2H3,(H,15,16)/p-1. The fourth-order valence-electron chi connectivity index (χ4n) is 1.23. The molecule has 0 atom stereocenters. The van der Waals surface area contributed by atoms with Gasteiger partial charge in [-0.15, -0.1) is 0 Å². The number of nitrogens with zero attached hydrogens (tertiary/aromatic N) is 1. The summed E-state index contributed by atoms with van der Waals surface area (Å²) in [4.78, 5) is 10.5. The maximum atomic E-state index is 10.5. The Kier molecular flexibility index (Phi) is 4.51. The van der Waals surface area contributed by atoms with Gasteiger partial charge < -0.3 is 9.90 Å². The van der Waals surface area contributed by atoms with E-state index in [9.17, 15) is 9.90 Å². The average Bonchev–Trinajstić information content (AvgIpc) is 2.31. The van der Waals surface area contributed by atoms with Crippen molar-refractivity contribution in [2.24, 2.45) is 5.10 Å². The Morgan fingerprint density at radius 3 is 2.25 bits per heavy atom. The van der Waals surface area contributed by atoms with Crippen LogP contribution in [0.1, 0.15) is 37.0 Å². The van der Waals surface area contributed by atoms with Crippen LogP contribution in [0.15, 0.2) is 29.4 Å². The topological polar surface area (TPSA) is 64.5 Å². The Balaban J connectivity index is 2.69. The quantitative estimate of drug-likeness (QED) is 0.604. The predicted molar refractivity (Wildman–Crippen MR) is 62.4 cm³/mol. The average molecular weight is 219 g/mol. The second-order valence-electron chi connectivity index (χ2n) is 3.36. The molecule has 0 aliphatic heterocycles. The second-order valence-corrected chi connectivity index (χ2v) is 3.36. The molecule has 0 saturated heterocycles. The molecular weight excluding hydrogens is 204 g/mol. The van der Waals surface area contributed by atoms with Crippen molar-refractivity contribution in [3.05, 3.63) is 29.8 Å².